The van der Waals surface area contributed by atoms with E-state index in [-0.39, 0.29) is 23.9 Å². The minimum absolute atomic E-state index is 0.160. The van der Waals surface area contributed by atoms with Crippen molar-refractivity contribution < 1.29 is 14.3 Å². The van der Waals surface area contributed by atoms with E-state index in [1.165, 1.54) is 6.20 Å². The number of hydrogen-bond acceptors (Lipinski definition) is 5. The third kappa shape index (κ3) is 5.09. The molecular formula is C12H20N4O3. The standard InChI is InChI=1S/C12H20N4O3/c1-2-19-12(18)9-8-14-16-11(9)15-10(17)6-4-3-5-7-13/h8H,2-7,13H2,1H3,(H2,14,15,16,17). The Labute approximate surface area is 111 Å². The molecule has 0 aliphatic carbocycles. The summed E-state index contributed by atoms with van der Waals surface area (Å²) < 4.78 is 4.86. The Hall–Kier alpha value is -1.89. The van der Waals surface area contributed by atoms with E-state index < -0.39 is 5.97 Å². The van der Waals surface area contributed by atoms with Crippen LogP contribution in [0.2, 0.25) is 0 Å². The summed E-state index contributed by atoms with van der Waals surface area (Å²) in [6, 6.07) is 0. The fraction of sp³-hybridized carbons (Fsp3) is 0.583. The Morgan fingerprint density at radius 1 is 1.42 bits per heavy atom. The molecule has 1 aromatic rings. The third-order valence-electron chi connectivity index (χ3n) is 2.51. The van der Waals surface area contributed by atoms with Gasteiger partial charge in [-0.25, -0.2) is 4.79 Å². The lowest BCUT2D eigenvalue weighted by Gasteiger charge is -2.05. The van der Waals surface area contributed by atoms with Crippen LogP contribution in [-0.4, -0.2) is 35.2 Å². The highest BCUT2D eigenvalue weighted by Crippen LogP contribution is 2.13. The molecule has 4 N–H and O–H groups in total. The number of hydrogen-bond donors (Lipinski definition) is 3. The van der Waals surface area contributed by atoms with Gasteiger partial charge < -0.3 is 15.8 Å². The zero-order chi connectivity index (χ0) is 14.1. The van der Waals surface area contributed by atoms with Crippen LogP contribution < -0.4 is 11.1 Å². The highest BCUT2D eigenvalue weighted by Gasteiger charge is 2.16. The van der Waals surface area contributed by atoms with Gasteiger partial charge in [-0.3, -0.25) is 9.89 Å². The Balaban J connectivity index is 2.46. The maximum absolute atomic E-state index is 11.7. The van der Waals surface area contributed by atoms with Crippen LogP contribution in [0.3, 0.4) is 0 Å². The topological polar surface area (TPSA) is 110 Å². The summed E-state index contributed by atoms with van der Waals surface area (Å²) in [7, 11) is 0. The van der Waals surface area contributed by atoms with Gasteiger partial charge in [-0.2, -0.15) is 5.10 Å². The third-order valence-corrected chi connectivity index (χ3v) is 2.51. The predicted octanol–water partition coefficient (Wildman–Crippen LogP) is 1.04. The molecule has 0 atom stereocenters. The Morgan fingerprint density at radius 3 is 2.89 bits per heavy atom. The Bertz CT molecular complexity index is 417. The molecule has 0 unspecified atom stereocenters. The highest BCUT2D eigenvalue weighted by atomic mass is 16.5. The van der Waals surface area contributed by atoms with E-state index in [2.05, 4.69) is 15.5 Å². The van der Waals surface area contributed by atoms with Gasteiger partial charge in [-0.1, -0.05) is 6.42 Å². The molecular weight excluding hydrogens is 248 g/mol. The number of nitrogens with zero attached hydrogens (tertiary/aromatic N) is 1. The molecule has 0 aliphatic heterocycles. The number of esters is 1. The molecule has 0 aliphatic rings. The number of anilines is 1. The number of aromatic amines is 1. The van der Waals surface area contributed by atoms with Crippen LogP contribution >= 0.6 is 0 Å². The number of nitrogens with two attached hydrogens (primary N) is 1. The molecule has 0 spiro atoms. The second kappa shape index (κ2) is 8.25. The van der Waals surface area contributed by atoms with E-state index in [0.717, 1.165) is 19.3 Å². The summed E-state index contributed by atoms with van der Waals surface area (Å²) in [5.74, 6) is -0.385. The van der Waals surface area contributed by atoms with Crippen molar-refractivity contribution in [3.63, 3.8) is 0 Å². The fourth-order valence-corrected chi connectivity index (χ4v) is 1.55. The van der Waals surface area contributed by atoms with Crippen molar-refractivity contribution in [2.45, 2.75) is 32.6 Å². The minimum Gasteiger partial charge on any atom is -0.462 e. The number of aromatic nitrogens is 2. The van der Waals surface area contributed by atoms with Crippen molar-refractivity contribution in [2.24, 2.45) is 5.73 Å². The van der Waals surface area contributed by atoms with Gasteiger partial charge in [-0.05, 0) is 26.3 Å². The normalized spacial score (nSPS) is 10.2. The zero-order valence-electron chi connectivity index (χ0n) is 11.1. The van der Waals surface area contributed by atoms with E-state index in [4.69, 9.17) is 10.5 Å². The molecule has 0 saturated heterocycles. The van der Waals surface area contributed by atoms with E-state index in [9.17, 15) is 9.59 Å². The van der Waals surface area contributed by atoms with Crippen LogP contribution in [0.4, 0.5) is 5.82 Å². The molecule has 0 saturated carbocycles. The van der Waals surface area contributed by atoms with Crippen molar-refractivity contribution in [3.05, 3.63) is 11.8 Å². The summed E-state index contributed by atoms with van der Waals surface area (Å²) in [5.41, 5.74) is 5.60. The molecule has 0 aromatic carbocycles. The van der Waals surface area contributed by atoms with Gasteiger partial charge in [0.25, 0.3) is 0 Å². The first-order chi connectivity index (χ1) is 9.19. The number of carbonyl (C=O) groups is 2. The average molecular weight is 268 g/mol. The van der Waals surface area contributed by atoms with Crippen molar-refractivity contribution >= 4 is 17.7 Å². The molecule has 1 heterocycles. The van der Waals surface area contributed by atoms with Gasteiger partial charge in [-0.15, -0.1) is 0 Å². The first-order valence-electron chi connectivity index (χ1n) is 6.39. The van der Waals surface area contributed by atoms with E-state index >= 15 is 0 Å². The Kier molecular flexibility index (Phi) is 6.59. The smallest absolute Gasteiger partial charge is 0.343 e. The highest BCUT2D eigenvalue weighted by molar-refractivity contribution is 5.99. The monoisotopic (exact) mass is 268 g/mol. The van der Waals surface area contributed by atoms with E-state index in [1.54, 1.807) is 6.92 Å². The summed E-state index contributed by atoms with van der Waals surface area (Å²) in [6.45, 7) is 2.62. The lowest BCUT2D eigenvalue weighted by Crippen LogP contribution is -2.15. The maximum atomic E-state index is 11.7. The molecule has 0 radical (unpaired) electrons. The van der Waals surface area contributed by atoms with Gasteiger partial charge in [0.15, 0.2) is 0 Å². The maximum Gasteiger partial charge on any atom is 0.343 e. The van der Waals surface area contributed by atoms with E-state index in [0.29, 0.717) is 13.0 Å². The first-order valence-corrected chi connectivity index (χ1v) is 6.39. The largest absolute Gasteiger partial charge is 0.462 e. The molecule has 0 fully saturated rings. The molecule has 1 rings (SSSR count). The lowest BCUT2D eigenvalue weighted by molar-refractivity contribution is -0.116. The number of amides is 1. The van der Waals surface area contributed by atoms with Crippen LogP contribution in [0.1, 0.15) is 43.0 Å². The number of unbranched alkanes of at least 4 members (excludes halogenated alkanes) is 2. The quantitative estimate of drug-likeness (QED) is 0.482. The second-order valence-corrected chi connectivity index (χ2v) is 4.03. The summed E-state index contributed by atoms with van der Waals surface area (Å²) in [6.07, 6.45) is 4.32. The van der Waals surface area contributed by atoms with Crippen LogP contribution in [0.5, 0.6) is 0 Å². The number of carbonyl (C=O) groups excluding carboxylic acids is 2. The first kappa shape index (κ1) is 15.2. The number of nitrogens with one attached hydrogen (secondary N) is 2. The van der Waals surface area contributed by atoms with Crippen LogP contribution in [0.15, 0.2) is 6.20 Å². The van der Waals surface area contributed by atoms with Crippen molar-refractivity contribution in [2.75, 3.05) is 18.5 Å². The van der Waals surface area contributed by atoms with Gasteiger partial charge in [0.05, 0.1) is 12.8 Å². The number of H-pyrrole nitrogens is 1. The molecule has 1 aromatic heterocycles. The number of ether oxygens (including phenoxy) is 1. The van der Waals surface area contributed by atoms with Gasteiger partial charge in [0.1, 0.15) is 11.4 Å². The lowest BCUT2D eigenvalue weighted by atomic mass is 10.2. The van der Waals surface area contributed by atoms with Gasteiger partial charge in [0.2, 0.25) is 5.91 Å². The van der Waals surface area contributed by atoms with Crippen molar-refractivity contribution in [1.29, 1.82) is 0 Å². The van der Waals surface area contributed by atoms with Gasteiger partial charge >= 0.3 is 5.97 Å². The SMILES string of the molecule is CCOC(=O)c1cn[nH]c1NC(=O)CCCCCN. The van der Waals surface area contributed by atoms with Crippen LogP contribution in [0, 0.1) is 0 Å². The average Bonchev–Trinajstić information content (AvgIpc) is 2.83. The van der Waals surface area contributed by atoms with Crippen molar-refractivity contribution in [3.8, 4) is 0 Å². The molecule has 7 nitrogen and oxygen atoms in total. The van der Waals surface area contributed by atoms with Crippen LogP contribution in [0.25, 0.3) is 0 Å². The summed E-state index contributed by atoms with van der Waals surface area (Å²) >= 11 is 0. The van der Waals surface area contributed by atoms with E-state index in [1.807, 2.05) is 0 Å². The van der Waals surface area contributed by atoms with Crippen LogP contribution in [-0.2, 0) is 9.53 Å². The predicted molar refractivity (Wildman–Crippen MR) is 70.7 cm³/mol. The number of rotatable bonds is 8. The van der Waals surface area contributed by atoms with Gasteiger partial charge in [0, 0.05) is 6.42 Å². The summed E-state index contributed by atoms with van der Waals surface area (Å²) in [4.78, 5) is 23.2. The Morgan fingerprint density at radius 2 is 2.21 bits per heavy atom. The molecule has 1 amide bonds. The minimum atomic E-state index is -0.505. The molecule has 106 valence electrons. The summed E-state index contributed by atoms with van der Waals surface area (Å²) in [5, 5.41) is 8.92. The second-order valence-electron chi connectivity index (χ2n) is 4.03. The van der Waals surface area contributed by atoms with Crippen molar-refractivity contribution in [1.82, 2.24) is 10.2 Å². The molecule has 19 heavy (non-hydrogen) atoms. The molecule has 0 bridgehead atoms. The zero-order valence-corrected chi connectivity index (χ0v) is 11.1. The molecule has 7 heteroatoms. The fourth-order valence-electron chi connectivity index (χ4n) is 1.55.